The van der Waals surface area contributed by atoms with E-state index in [0.717, 1.165) is 107 Å². The van der Waals surface area contributed by atoms with Crippen molar-refractivity contribution in [1.29, 1.82) is 0 Å². The van der Waals surface area contributed by atoms with Crippen LogP contribution in [0.3, 0.4) is 0 Å². The number of hydrogen-bond donors (Lipinski definition) is 0. The van der Waals surface area contributed by atoms with Crippen LogP contribution in [0.2, 0.25) is 0 Å². The molecular formula is C135H87N15. The zero-order valence-corrected chi connectivity index (χ0v) is 80.9. The first kappa shape index (κ1) is 86.2. The maximum atomic E-state index is 5.10. The summed E-state index contributed by atoms with van der Waals surface area (Å²) in [5.74, 6) is 3.40. The highest BCUT2D eigenvalue weighted by Gasteiger charge is 2.27. The van der Waals surface area contributed by atoms with Gasteiger partial charge in [-0.05, 0) is 208 Å². The summed E-state index contributed by atoms with van der Waals surface area (Å²) >= 11 is 0. The molecule has 0 saturated heterocycles. The van der Waals surface area contributed by atoms with E-state index in [9.17, 15) is 0 Å². The Labute approximate surface area is 859 Å². The van der Waals surface area contributed by atoms with Crippen molar-refractivity contribution in [2.24, 2.45) is 0 Å². The van der Waals surface area contributed by atoms with Gasteiger partial charge in [0.1, 0.15) is 17.5 Å². The lowest BCUT2D eigenvalue weighted by atomic mass is 10.0. The standard InChI is InChI=1S/3C34H22N4.C33H21N3/c1-3-9-23(10-4-1)25-21-35-34(36-22-25)38-32-27-14-8-7-11-24(27)15-16-28(32)29-17-18-31-30(33(29)38)19-20-37(31)26-12-5-2-6-13-26;1-2-9-26(10-3-1)37-20-18-30-31(37)16-15-29-28-14-12-23-7-4-5-11-27(23)33(28)38(34(29)30)32-17-13-25(22-36-32)24-8-6-19-35-21-24;1-2-7-26(8-3-1)37-21-18-30-31(37)14-13-29-28-12-10-24-6-4-5-9-27(24)33(28)38(34(29)30)32-15-11-25(22-36-32)23-16-19-35-20-17-23;1-2-10-25(11-3-1)35-19-18-24-20-27-31(21-30(24)35)36(32-17-15-23-9-5-7-13-28(23)34-32)29-16-14-22-8-4-6-12-26(22)33(27)29/h3*1-22H;1-21H. The third-order valence-corrected chi connectivity index (χ3v) is 29.8. The first-order valence-corrected chi connectivity index (χ1v) is 50.5. The summed E-state index contributed by atoms with van der Waals surface area (Å²) < 4.78 is 18.3. The van der Waals surface area contributed by atoms with Crippen molar-refractivity contribution in [3.05, 3.63) is 529 Å². The third-order valence-electron chi connectivity index (χ3n) is 29.8. The average Bonchev–Trinajstić information content (AvgIpc) is 1.56. The molecule has 0 amide bonds. The minimum absolute atomic E-state index is 0.668. The number of fused-ring (bicyclic) bond motifs is 28. The Bertz CT molecular complexity index is 10100. The van der Waals surface area contributed by atoms with Gasteiger partial charge in [0, 0.05) is 206 Å². The van der Waals surface area contributed by atoms with Gasteiger partial charge in [0.2, 0.25) is 5.95 Å². The van der Waals surface area contributed by atoms with E-state index in [-0.39, 0.29) is 0 Å². The number of nitrogens with zero attached hydrogens (tertiary/aromatic N) is 15. The molecule has 0 fully saturated rings. The fourth-order valence-corrected chi connectivity index (χ4v) is 22.9. The molecule has 0 saturated carbocycles. The van der Waals surface area contributed by atoms with Crippen LogP contribution < -0.4 is 0 Å². The number of hydrogen-bond acceptors (Lipinski definition) is 7. The topological polar surface area (TPSA) is 130 Å². The molecule has 0 atom stereocenters. The Balaban J connectivity index is 0.0000000939. The second-order valence-electron chi connectivity index (χ2n) is 38.1. The highest BCUT2D eigenvalue weighted by Crippen LogP contribution is 2.47. The van der Waals surface area contributed by atoms with Crippen molar-refractivity contribution in [3.8, 4) is 79.5 Å². The van der Waals surface area contributed by atoms with Crippen LogP contribution in [0, 0.1) is 0 Å². The molecular weight excluding hydrogens is 1830 g/mol. The monoisotopic (exact) mass is 1920 g/mol. The molecule has 0 unspecified atom stereocenters. The molecule has 14 aromatic heterocycles. The molecule has 15 nitrogen and oxygen atoms in total. The van der Waals surface area contributed by atoms with Crippen LogP contribution in [0.25, 0.3) is 264 Å². The molecule has 14 heterocycles. The number of rotatable bonds is 11. The van der Waals surface area contributed by atoms with Gasteiger partial charge in [-0.2, -0.15) is 0 Å². The summed E-state index contributed by atoms with van der Waals surface area (Å²) in [7, 11) is 0. The van der Waals surface area contributed by atoms with E-state index < -0.39 is 0 Å². The Morgan fingerprint density at radius 1 is 0.167 bits per heavy atom. The maximum absolute atomic E-state index is 5.10. The Morgan fingerprint density at radius 3 is 1.01 bits per heavy atom. The highest BCUT2D eigenvalue weighted by atomic mass is 15.2. The molecule has 0 radical (unpaired) electrons. The lowest BCUT2D eigenvalue weighted by Crippen LogP contribution is -2.01. The SMILES string of the molecule is c1ccc(-c2cnc(-n3c4c5ccccc5ccc4c4ccc5c(ccn5-c5ccccc5)c43)nc2)cc1.c1ccc(-n2ccc3c2ccc2c4ccc5ccccc5c4n(-c4ccc(-c5cccnc5)cn4)c23)cc1.c1ccc(-n2ccc3c2ccc2c4ccc5ccccc5c4n(-c4ccc(-c5ccncc5)cn4)c23)cc1.c1ccc(-n2ccc3cc4c5c6ccccc6ccc5n(-c5ccc6ccccc6n5)c4cc32)cc1. The van der Waals surface area contributed by atoms with E-state index in [1.165, 1.54) is 152 Å². The van der Waals surface area contributed by atoms with E-state index in [1.54, 1.807) is 6.20 Å². The second-order valence-corrected chi connectivity index (χ2v) is 38.1. The summed E-state index contributed by atoms with van der Waals surface area (Å²) in [6, 6.07) is 161. The molecule has 0 N–H and O–H groups in total. The van der Waals surface area contributed by atoms with Crippen LogP contribution in [0.1, 0.15) is 0 Å². The fraction of sp³-hybridized carbons (Fsp3) is 0. The van der Waals surface area contributed by atoms with Gasteiger partial charge in [-0.1, -0.05) is 285 Å². The second kappa shape index (κ2) is 35.8. The first-order chi connectivity index (χ1) is 74.4. The van der Waals surface area contributed by atoms with Crippen LogP contribution in [-0.4, -0.2) is 71.4 Å². The van der Waals surface area contributed by atoms with E-state index in [2.05, 4.69) is 484 Å². The number of benzene rings is 18. The first-order valence-electron chi connectivity index (χ1n) is 50.5. The van der Waals surface area contributed by atoms with Gasteiger partial charge < -0.3 is 18.3 Å². The molecule has 15 heteroatoms. The Kier molecular flexibility index (Phi) is 20.6. The summed E-state index contributed by atoms with van der Waals surface area (Å²) in [4.78, 5) is 33.4. The predicted octanol–water partition coefficient (Wildman–Crippen LogP) is 33.4. The molecule has 32 aromatic rings. The quantitative estimate of drug-likeness (QED) is 0.126. The van der Waals surface area contributed by atoms with Gasteiger partial charge in [-0.3, -0.25) is 28.2 Å². The molecule has 0 aliphatic heterocycles. The lowest BCUT2D eigenvalue weighted by molar-refractivity contribution is 0.995. The molecule has 702 valence electrons. The van der Waals surface area contributed by atoms with Crippen LogP contribution in [0.15, 0.2) is 529 Å². The number of para-hydroxylation sites is 5. The summed E-state index contributed by atoms with van der Waals surface area (Å²) in [5, 5.41) is 25.5. The van der Waals surface area contributed by atoms with Crippen molar-refractivity contribution < 1.29 is 0 Å². The van der Waals surface area contributed by atoms with Gasteiger partial charge in [-0.15, -0.1) is 0 Å². The minimum Gasteiger partial charge on any atom is -0.316 e. The zero-order chi connectivity index (χ0) is 98.8. The predicted molar refractivity (Wildman–Crippen MR) is 619 cm³/mol. The van der Waals surface area contributed by atoms with Gasteiger partial charge in [-0.25, -0.2) is 24.9 Å². The van der Waals surface area contributed by atoms with Gasteiger partial charge in [0.05, 0.1) is 71.7 Å². The van der Waals surface area contributed by atoms with E-state index >= 15 is 0 Å². The largest absolute Gasteiger partial charge is 0.316 e. The number of pyridine rings is 5. The third kappa shape index (κ3) is 14.4. The molecule has 32 rings (SSSR count). The van der Waals surface area contributed by atoms with Crippen LogP contribution in [0.5, 0.6) is 0 Å². The van der Waals surface area contributed by atoms with Crippen LogP contribution in [-0.2, 0) is 0 Å². The molecule has 0 spiro atoms. The van der Waals surface area contributed by atoms with Gasteiger partial charge >= 0.3 is 0 Å². The fourth-order valence-electron chi connectivity index (χ4n) is 22.9. The Hall–Kier alpha value is -20.5. The van der Waals surface area contributed by atoms with Crippen molar-refractivity contribution >= 4 is 185 Å². The summed E-state index contributed by atoms with van der Waals surface area (Å²) in [6.45, 7) is 0. The highest BCUT2D eigenvalue weighted by molar-refractivity contribution is 6.28. The van der Waals surface area contributed by atoms with E-state index in [4.69, 9.17) is 24.9 Å². The normalized spacial score (nSPS) is 11.7. The van der Waals surface area contributed by atoms with Crippen molar-refractivity contribution in [2.45, 2.75) is 0 Å². The average molecular weight is 1920 g/mol. The molecule has 18 aromatic carbocycles. The molecule has 0 bridgehead atoms. The van der Waals surface area contributed by atoms with Gasteiger partial charge in [0.25, 0.3) is 0 Å². The van der Waals surface area contributed by atoms with Gasteiger partial charge in [0.15, 0.2) is 0 Å². The molecule has 0 aliphatic carbocycles. The van der Waals surface area contributed by atoms with Crippen molar-refractivity contribution in [1.82, 2.24) is 71.4 Å². The molecule has 150 heavy (non-hydrogen) atoms. The maximum Gasteiger partial charge on any atom is 0.234 e. The summed E-state index contributed by atoms with van der Waals surface area (Å²) in [6.07, 6.45) is 23.7. The van der Waals surface area contributed by atoms with Crippen molar-refractivity contribution in [2.75, 3.05) is 0 Å². The van der Waals surface area contributed by atoms with Crippen LogP contribution >= 0.6 is 0 Å². The smallest absolute Gasteiger partial charge is 0.234 e. The van der Waals surface area contributed by atoms with E-state index in [0.29, 0.717) is 5.95 Å². The van der Waals surface area contributed by atoms with E-state index in [1.807, 2.05) is 85.8 Å². The number of aromatic nitrogens is 15. The lowest BCUT2D eigenvalue weighted by Gasteiger charge is -2.11. The zero-order valence-electron chi connectivity index (χ0n) is 80.9. The van der Waals surface area contributed by atoms with Crippen LogP contribution in [0.4, 0.5) is 0 Å². The minimum atomic E-state index is 0.668. The molecule has 0 aliphatic rings. The summed E-state index contributed by atoms with van der Waals surface area (Å²) in [5.41, 5.74) is 25.9. The Morgan fingerprint density at radius 2 is 0.527 bits per heavy atom. The van der Waals surface area contributed by atoms with Crippen molar-refractivity contribution in [3.63, 3.8) is 0 Å².